The van der Waals surface area contributed by atoms with Crippen molar-refractivity contribution >= 4 is 5.82 Å². The topological polar surface area (TPSA) is 48.1 Å². The molecule has 1 aromatic carbocycles. The number of pyridine rings is 1. The lowest BCUT2D eigenvalue weighted by atomic mass is 10.1. The number of aromatic nitrogens is 1. The Morgan fingerprint density at radius 2 is 1.93 bits per heavy atom. The number of hydrogen-bond donors (Lipinski definition) is 1. The molecule has 1 heterocycles. The van der Waals surface area contributed by atoms with Gasteiger partial charge < -0.3 is 10.5 Å². The fourth-order valence-electron chi connectivity index (χ4n) is 1.46. The van der Waals surface area contributed by atoms with Gasteiger partial charge in [-0.05, 0) is 5.56 Å². The normalized spacial score (nSPS) is 9.93. The Morgan fingerprint density at radius 1 is 1.20 bits per heavy atom. The number of ether oxygens (including phenoxy) is 1. The Morgan fingerprint density at radius 3 is 2.60 bits per heavy atom. The molecule has 15 heavy (non-hydrogen) atoms. The molecule has 0 atom stereocenters. The van der Waals surface area contributed by atoms with Crippen molar-refractivity contribution in [1.29, 1.82) is 0 Å². The van der Waals surface area contributed by atoms with Crippen molar-refractivity contribution in [3.8, 4) is 16.9 Å². The molecule has 0 radical (unpaired) electrons. The van der Waals surface area contributed by atoms with Crippen LogP contribution in [0.3, 0.4) is 0 Å². The van der Waals surface area contributed by atoms with E-state index in [4.69, 9.17) is 10.5 Å². The molecule has 1 aromatic heterocycles. The summed E-state index contributed by atoms with van der Waals surface area (Å²) in [5, 5.41) is 0. The first-order valence-corrected chi connectivity index (χ1v) is 4.66. The number of hydrogen-bond acceptors (Lipinski definition) is 3. The first-order chi connectivity index (χ1) is 7.31. The van der Waals surface area contributed by atoms with Gasteiger partial charge in [-0.2, -0.15) is 0 Å². The van der Waals surface area contributed by atoms with E-state index >= 15 is 0 Å². The van der Waals surface area contributed by atoms with Gasteiger partial charge in [0.05, 0.1) is 7.11 Å². The third kappa shape index (κ3) is 1.91. The van der Waals surface area contributed by atoms with E-state index in [0.29, 0.717) is 5.82 Å². The maximum atomic E-state index is 5.59. The molecule has 0 spiro atoms. The molecule has 0 unspecified atom stereocenters. The van der Waals surface area contributed by atoms with Crippen molar-refractivity contribution in [2.24, 2.45) is 0 Å². The number of nitrogens with two attached hydrogens (primary N) is 1. The third-order valence-electron chi connectivity index (χ3n) is 2.19. The second kappa shape index (κ2) is 4.00. The van der Waals surface area contributed by atoms with Crippen molar-refractivity contribution < 1.29 is 4.74 Å². The minimum atomic E-state index is 0.464. The molecule has 2 N–H and O–H groups in total. The molecule has 0 aliphatic carbocycles. The van der Waals surface area contributed by atoms with E-state index in [2.05, 4.69) is 4.98 Å². The van der Waals surface area contributed by atoms with E-state index in [1.54, 1.807) is 19.4 Å². The van der Waals surface area contributed by atoms with Crippen molar-refractivity contribution in [2.45, 2.75) is 0 Å². The van der Waals surface area contributed by atoms with Crippen LogP contribution in [0.15, 0.2) is 42.6 Å². The molecule has 2 aromatic rings. The Labute approximate surface area is 88.5 Å². The van der Waals surface area contributed by atoms with Crippen LogP contribution in [0.5, 0.6) is 5.75 Å². The number of nitrogens with zero attached hydrogens (tertiary/aromatic N) is 1. The van der Waals surface area contributed by atoms with Gasteiger partial charge in [0.15, 0.2) is 0 Å². The van der Waals surface area contributed by atoms with Gasteiger partial charge in [-0.25, -0.2) is 4.98 Å². The molecular weight excluding hydrogens is 188 g/mol. The van der Waals surface area contributed by atoms with Crippen LogP contribution in [0.25, 0.3) is 11.1 Å². The summed E-state index contributed by atoms with van der Waals surface area (Å²) in [6.45, 7) is 0. The van der Waals surface area contributed by atoms with Crippen LogP contribution in [-0.4, -0.2) is 12.1 Å². The standard InChI is InChI=1S/C12H12N2O/c1-15-11-7-12(13)14-8-10(11)9-5-3-2-4-6-9/h2-8H,1H3,(H2,13,14). The first-order valence-electron chi connectivity index (χ1n) is 4.66. The molecule has 0 amide bonds. The van der Waals surface area contributed by atoms with Crippen LogP contribution >= 0.6 is 0 Å². The van der Waals surface area contributed by atoms with Gasteiger partial charge >= 0.3 is 0 Å². The van der Waals surface area contributed by atoms with Crippen LogP contribution in [0, 0.1) is 0 Å². The molecule has 76 valence electrons. The molecule has 0 saturated heterocycles. The summed E-state index contributed by atoms with van der Waals surface area (Å²) in [6.07, 6.45) is 1.73. The van der Waals surface area contributed by atoms with E-state index < -0.39 is 0 Å². The van der Waals surface area contributed by atoms with Crippen molar-refractivity contribution in [1.82, 2.24) is 4.98 Å². The Balaban J connectivity index is 2.53. The van der Waals surface area contributed by atoms with Gasteiger partial charge in [0.1, 0.15) is 11.6 Å². The summed E-state index contributed by atoms with van der Waals surface area (Å²) in [5.74, 6) is 1.21. The highest BCUT2D eigenvalue weighted by atomic mass is 16.5. The summed E-state index contributed by atoms with van der Waals surface area (Å²) < 4.78 is 5.26. The molecular formula is C12H12N2O. The lowest BCUT2D eigenvalue weighted by Gasteiger charge is -2.08. The van der Waals surface area contributed by atoms with E-state index in [9.17, 15) is 0 Å². The van der Waals surface area contributed by atoms with Crippen molar-refractivity contribution in [2.75, 3.05) is 12.8 Å². The summed E-state index contributed by atoms with van der Waals surface area (Å²) in [6, 6.07) is 11.7. The van der Waals surface area contributed by atoms with Gasteiger partial charge in [0.2, 0.25) is 0 Å². The number of methoxy groups -OCH3 is 1. The predicted octanol–water partition coefficient (Wildman–Crippen LogP) is 2.34. The number of nitrogen functional groups attached to an aromatic ring is 1. The largest absolute Gasteiger partial charge is 0.496 e. The highest BCUT2D eigenvalue weighted by molar-refractivity contribution is 5.70. The fraction of sp³-hybridized carbons (Fsp3) is 0.0833. The summed E-state index contributed by atoms with van der Waals surface area (Å²) in [5.41, 5.74) is 7.61. The van der Waals surface area contributed by atoms with Crippen LogP contribution in [0.2, 0.25) is 0 Å². The average molecular weight is 200 g/mol. The van der Waals surface area contributed by atoms with Crippen LogP contribution in [0.4, 0.5) is 5.82 Å². The van der Waals surface area contributed by atoms with Gasteiger partial charge in [-0.1, -0.05) is 30.3 Å². The zero-order valence-electron chi connectivity index (χ0n) is 8.47. The van der Waals surface area contributed by atoms with Gasteiger partial charge in [0.25, 0.3) is 0 Å². The zero-order valence-corrected chi connectivity index (χ0v) is 8.47. The molecule has 0 fully saturated rings. The molecule has 2 rings (SSSR count). The highest BCUT2D eigenvalue weighted by Gasteiger charge is 2.05. The number of anilines is 1. The first kappa shape index (κ1) is 9.52. The Kier molecular flexibility index (Phi) is 2.54. The molecule has 0 aliphatic rings. The maximum absolute atomic E-state index is 5.59. The van der Waals surface area contributed by atoms with Crippen LogP contribution in [-0.2, 0) is 0 Å². The monoisotopic (exact) mass is 200 g/mol. The maximum Gasteiger partial charge on any atom is 0.131 e. The molecule has 0 saturated carbocycles. The lowest BCUT2D eigenvalue weighted by molar-refractivity contribution is 0.416. The summed E-state index contributed by atoms with van der Waals surface area (Å²) in [7, 11) is 1.63. The van der Waals surface area contributed by atoms with E-state index in [1.807, 2.05) is 30.3 Å². The lowest BCUT2D eigenvalue weighted by Crippen LogP contribution is -1.94. The zero-order chi connectivity index (χ0) is 10.7. The Bertz CT molecular complexity index is 454. The number of benzene rings is 1. The second-order valence-corrected chi connectivity index (χ2v) is 3.18. The van der Waals surface area contributed by atoms with Crippen LogP contribution in [0.1, 0.15) is 0 Å². The predicted molar refractivity (Wildman–Crippen MR) is 60.6 cm³/mol. The van der Waals surface area contributed by atoms with Crippen LogP contribution < -0.4 is 10.5 Å². The fourth-order valence-corrected chi connectivity index (χ4v) is 1.46. The van der Waals surface area contributed by atoms with Crippen molar-refractivity contribution in [3.63, 3.8) is 0 Å². The van der Waals surface area contributed by atoms with Crippen molar-refractivity contribution in [3.05, 3.63) is 42.6 Å². The van der Waals surface area contributed by atoms with E-state index in [1.165, 1.54) is 0 Å². The molecule has 0 bridgehead atoms. The van der Waals surface area contributed by atoms with E-state index in [-0.39, 0.29) is 0 Å². The summed E-state index contributed by atoms with van der Waals surface area (Å²) in [4.78, 5) is 4.06. The highest BCUT2D eigenvalue weighted by Crippen LogP contribution is 2.29. The van der Waals surface area contributed by atoms with Gasteiger partial charge in [-0.3, -0.25) is 0 Å². The smallest absolute Gasteiger partial charge is 0.131 e. The number of rotatable bonds is 2. The minimum Gasteiger partial charge on any atom is -0.496 e. The average Bonchev–Trinajstić information content (AvgIpc) is 2.30. The van der Waals surface area contributed by atoms with E-state index in [0.717, 1.165) is 16.9 Å². The molecule has 3 heteroatoms. The van der Waals surface area contributed by atoms with Gasteiger partial charge in [-0.15, -0.1) is 0 Å². The molecule has 0 aliphatic heterocycles. The SMILES string of the molecule is COc1cc(N)ncc1-c1ccccc1. The quantitative estimate of drug-likeness (QED) is 0.809. The summed E-state index contributed by atoms with van der Waals surface area (Å²) >= 11 is 0. The Hall–Kier alpha value is -2.03. The van der Waals surface area contributed by atoms with Gasteiger partial charge in [0, 0.05) is 17.8 Å². The second-order valence-electron chi connectivity index (χ2n) is 3.18. The minimum absolute atomic E-state index is 0.464. The third-order valence-corrected chi connectivity index (χ3v) is 2.19. The molecule has 3 nitrogen and oxygen atoms in total.